The SMILES string of the molecule is O=C(OCC1c2ccccc2-c2ccccc21)N1C2C=C(c3cc(F)ccc3C(F)(F)F)CC1CCC2. The Morgan fingerprint density at radius 3 is 2.24 bits per heavy atom. The minimum atomic E-state index is -4.59. The minimum absolute atomic E-state index is 0.0753. The molecule has 0 radical (unpaired) electrons. The fourth-order valence-electron chi connectivity index (χ4n) is 6.21. The number of piperidine rings is 1. The molecule has 2 atom stereocenters. The van der Waals surface area contributed by atoms with E-state index in [1.165, 1.54) is 0 Å². The third-order valence-corrected chi connectivity index (χ3v) is 7.82. The number of hydrogen-bond donors (Lipinski definition) is 0. The molecule has 2 aliphatic heterocycles. The van der Waals surface area contributed by atoms with Crippen LogP contribution >= 0.6 is 0 Å². The molecule has 1 amide bonds. The largest absolute Gasteiger partial charge is 0.448 e. The van der Waals surface area contributed by atoms with Crippen molar-refractivity contribution in [3.8, 4) is 11.1 Å². The number of carbonyl (C=O) groups is 1. The summed E-state index contributed by atoms with van der Waals surface area (Å²) in [5.41, 5.74) is 3.94. The number of nitrogens with zero attached hydrogens (tertiary/aromatic N) is 1. The third-order valence-electron chi connectivity index (χ3n) is 7.82. The van der Waals surface area contributed by atoms with Crippen LogP contribution in [0.1, 0.15) is 53.9 Å². The zero-order valence-corrected chi connectivity index (χ0v) is 20.0. The molecule has 3 aromatic carbocycles. The predicted octanol–water partition coefficient (Wildman–Crippen LogP) is 7.80. The lowest BCUT2D eigenvalue weighted by molar-refractivity contribution is -0.137. The Bertz CT molecular complexity index is 1350. The smallest absolute Gasteiger partial charge is 0.416 e. The highest BCUT2D eigenvalue weighted by atomic mass is 19.4. The molecule has 0 aromatic heterocycles. The van der Waals surface area contributed by atoms with Crippen LogP contribution in [0.3, 0.4) is 0 Å². The Hall–Kier alpha value is -3.61. The number of hydrogen-bond acceptors (Lipinski definition) is 2. The normalized spacial score (nSPS) is 20.8. The number of fused-ring (bicyclic) bond motifs is 5. The second-order valence-corrected chi connectivity index (χ2v) is 9.95. The van der Waals surface area contributed by atoms with E-state index in [1.54, 1.807) is 11.0 Å². The van der Waals surface area contributed by atoms with Gasteiger partial charge in [-0.2, -0.15) is 13.2 Å². The van der Waals surface area contributed by atoms with Gasteiger partial charge in [0, 0.05) is 12.0 Å². The standard InChI is InChI=1S/C30H25F4NO2/c31-19-12-13-28(30(32,33)34)26(16-19)18-14-20-6-5-7-21(15-18)35(20)29(36)37-17-27-24-10-3-1-8-22(24)23-9-2-4-11-25(23)27/h1-4,8-14,16,20-21,27H,5-7,15,17H2. The summed E-state index contributed by atoms with van der Waals surface area (Å²) in [6.45, 7) is 0.182. The van der Waals surface area contributed by atoms with E-state index in [0.29, 0.717) is 18.4 Å². The fraction of sp³-hybridized carbons (Fsp3) is 0.300. The molecule has 3 nitrogen and oxygen atoms in total. The van der Waals surface area contributed by atoms with Crippen LogP contribution in [0.2, 0.25) is 0 Å². The second kappa shape index (κ2) is 9.05. The van der Waals surface area contributed by atoms with E-state index in [-0.39, 0.29) is 36.6 Å². The van der Waals surface area contributed by atoms with Gasteiger partial charge in [0.05, 0.1) is 11.6 Å². The molecule has 7 heteroatoms. The summed E-state index contributed by atoms with van der Waals surface area (Å²) in [4.78, 5) is 15.0. The van der Waals surface area contributed by atoms with Gasteiger partial charge in [-0.05, 0) is 77.3 Å². The second-order valence-electron chi connectivity index (χ2n) is 9.95. The predicted molar refractivity (Wildman–Crippen MR) is 132 cm³/mol. The number of amides is 1. The molecule has 2 unspecified atom stereocenters. The zero-order chi connectivity index (χ0) is 25.7. The molecule has 2 bridgehead atoms. The highest BCUT2D eigenvalue weighted by molar-refractivity contribution is 5.79. The summed E-state index contributed by atoms with van der Waals surface area (Å²) in [6, 6.07) is 18.1. The maximum Gasteiger partial charge on any atom is 0.416 e. The van der Waals surface area contributed by atoms with Gasteiger partial charge in [0.15, 0.2) is 0 Å². The molecule has 6 rings (SSSR count). The molecule has 1 saturated heterocycles. The lowest BCUT2D eigenvalue weighted by Crippen LogP contribution is -2.52. The van der Waals surface area contributed by atoms with E-state index in [4.69, 9.17) is 4.74 Å². The van der Waals surface area contributed by atoms with Crippen molar-refractivity contribution >= 4 is 11.7 Å². The highest BCUT2D eigenvalue weighted by Crippen LogP contribution is 2.45. The maximum absolute atomic E-state index is 14.0. The lowest BCUT2D eigenvalue weighted by atomic mass is 9.82. The molecule has 3 aromatic rings. The zero-order valence-electron chi connectivity index (χ0n) is 20.0. The number of carbonyl (C=O) groups excluding carboxylic acids is 1. The molecule has 0 N–H and O–H groups in total. The van der Waals surface area contributed by atoms with Crippen molar-refractivity contribution in [1.82, 2.24) is 4.90 Å². The first kappa shape index (κ1) is 23.8. The van der Waals surface area contributed by atoms with Gasteiger partial charge in [0.1, 0.15) is 12.4 Å². The average molecular weight is 508 g/mol. The van der Waals surface area contributed by atoms with Crippen LogP contribution < -0.4 is 0 Å². The Morgan fingerprint density at radius 2 is 1.59 bits per heavy atom. The number of benzene rings is 3. The first-order valence-corrected chi connectivity index (χ1v) is 12.5. The van der Waals surface area contributed by atoms with Gasteiger partial charge < -0.3 is 4.74 Å². The van der Waals surface area contributed by atoms with Gasteiger partial charge in [-0.15, -0.1) is 0 Å². The molecule has 37 heavy (non-hydrogen) atoms. The number of alkyl halides is 3. The van der Waals surface area contributed by atoms with E-state index in [1.807, 2.05) is 24.3 Å². The summed E-state index contributed by atoms with van der Waals surface area (Å²) in [6.07, 6.45) is -0.976. The van der Waals surface area contributed by atoms with Crippen molar-refractivity contribution in [2.24, 2.45) is 0 Å². The van der Waals surface area contributed by atoms with E-state index in [2.05, 4.69) is 24.3 Å². The highest BCUT2D eigenvalue weighted by Gasteiger charge is 2.41. The lowest BCUT2D eigenvalue weighted by Gasteiger charge is -2.44. The van der Waals surface area contributed by atoms with Crippen LogP contribution in [0.15, 0.2) is 72.8 Å². The van der Waals surface area contributed by atoms with Crippen LogP contribution in [-0.2, 0) is 10.9 Å². The van der Waals surface area contributed by atoms with Gasteiger partial charge in [-0.3, -0.25) is 4.90 Å². The molecule has 2 heterocycles. The van der Waals surface area contributed by atoms with Crippen molar-refractivity contribution in [3.63, 3.8) is 0 Å². The van der Waals surface area contributed by atoms with Crippen molar-refractivity contribution in [2.45, 2.75) is 49.9 Å². The van der Waals surface area contributed by atoms with Gasteiger partial charge in [-0.25, -0.2) is 9.18 Å². The van der Waals surface area contributed by atoms with Gasteiger partial charge >= 0.3 is 12.3 Å². The van der Waals surface area contributed by atoms with Gasteiger partial charge in [-0.1, -0.05) is 54.6 Å². The van der Waals surface area contributed by atoms with E-state index < -0.39 is 23.7 Å². The number of ether oxygens (including phenoxy) is 1. The topological polar surface area (TPSA) is 29.5 Å². The third kappa shape index (κ3) is 4.20. The van der Waals surface area contributed by atoms with E-state index in [9.17, 15) is 22.4 Å². The van der Waals surface area contributed by atoms with Gasteiger partial charge in [0.25, 0.3) is 0 Å². The molecule has 1 fully saturated rings. The number of rotatable bonds is 3. The Morgan fingerprint density at radius 1 is 0.919 bits per heavy atom. The van der Waals surface area contributed by atoms with Crippen LogP contribution in [0.25, 0.3) is 16.7 Å². The van der Waals surface area contributed by atoms with Crippen molar-refractivity contribution < 1.29 is 27.1 Å². The summed E-state index contributed by atoms with van der Waals surface area (Å²) < 4.78 is 60.8. The molecule has 3 aliphatic rings. The van der Waals surface area contributed by atoms with Crippen LogP contribution in [0.5, 0.6) is 0 Å². The molecular formula is C30H25F4NO2. The summed E-state index contributed by atoms with van der Waals surface area (Å²) in [5, 5.41) is 0. The molecule has 0 spiro atoms. The van der Waals surface area contributed by atoms with E-state index >= 15 is 0 Å². The van der Waals surface area contributed by atoms with Crippen molar-refractivity contribution in [3.05, 3.63) is 101 Å². The average Bonchev–Trinajstić information content (AvgIpc) is 3.19. The Labute approximate surface area is 212 Å². The first-order chi connectivity index (χ1) is 17.8. The van der Waals surface area contributed by atoms with Crippen molar-refractivity contribution in [1.29, 1.82) is 0 Å². The number of halogens is 4. The summed E-state index contributed by atoms with van der Waals surface area (Å²) in [7, 11) is 0. The molecule has 1 aliphatic carbocycles. The Balaban J connectivity index is 1.25. The van der Waals surface area contributed by atoms with Crippen molar-refractivity contribution in [2.75, 3.05) is 6.61 Å². The molecule has 190 valence electrons. The summed E-state index contributed by atoms with van der Waals surface area (Å²) >= 11 is 0. The molecular weight excluding hydrogens is 482 g/mol. The summed E-state index contributed by atoms with van der Waals surface area (Å²) in [5.74, 6) is -0.790. The Kier molecular flexibility index (Phi) is 5.81. The van der Waals surface area contributed by atoms with Crippen LogP contribution in [-0.4, -0.2) is 29.7 Å². The fourth-order valence-corrected chi connectivity index (χ4v) is 6.21. The van der Waals surface area contributed by atoms with Crippen LogP contribution in [0.4, 0.5) is 22.4 Å². The maximum atomic E-state index is 14.0. The minimum Gasteiger partial charge on any atom is -0.448 e. The molecule has 0 saturated carbocycles. The quantitative estimate of drug-likeness (QED) is 0.339. The van der Waals surface area contributed by atoms with E-state index in [0.717, 1.165) is 46.9 Å². The first-order valence-electron chi connectivity index (χ1n) is 12.5. The van der Waals surface area contributed by atoms with Crippen LogP contribution in [0, 0.1) is 5.82 Å². The van der Waals surface area contributed by atoms with Gasteiger partial charge in [0.2, 0.25) is 0 Å². The monoisotopic (exact) mass is 507 g/mol.